The zero-order valence-electron chi connectivity index (χ0n) is 19.1. The van der Waals surface area contributed by atoms with Crippen LogP contribution in [-0.4, -0.2) is 29.8 Å². The number of aromatic nitrogens is 6. The van der Waals surface area contributed by atoms with Gasteiger partial charge >= 0.3 is 5.69 Å². The molecule has 0 atom stereocenters. The average molecular weight is 443 g/mol. The van der Waals surface area contributed by atoms with Crippen LogP contribution in [0.1, 0.15) is 50.3 Å². The van der Waals surface area contributed by atoms with E-state index < -0.39 is 0 Å². The number of nitrogens with one attached hydrogen (secondary N) is 1. The molecule has 1 aliphatic rings. The van der Waals surface area contributed by atoms with Gasteiger partial charge in [0.25, 0.3) is 0 Å². The topological polar surface area (TPSA) is 81.4 Å². The van der Waals surface area contributed by atoms with E-state index in [1.807, 2.05) is 27.3 Å². The molecule has 0 unspecified atom stereocenters. The van der Waals surface area contributed by atoms with Gasteiger partial charge in [0.1, 0.15) is 0 Å². The highest BCUT2D eigenvalue weighted by Crippen LogP contribution is 2.30. The standard InChI is InChI=1S/C26H30N6O/c1-2-22-18-31(16-19-8-4-3-5-9-19)26(33)32(22)17-20-12-14-21(15-13-20)23-10-6-7-11-24(23)25-27-29-30-28-25/h6-7,10-15,18-19H,2-5,8-9,16-17H2,1H3,(H,27,28,29,30). The molecule has 0 aliphatic heterocycles. The van der Waals surface area contributed by atoms with Gasteiger partial charge in [0, 0.05) is 24.0 Å². The Morgan fingerprint density at radius 3 is 2.45 bits per heavy atom. The first-order valence-corrected chi connectivity index (χ1v) is 11.9. The molecule has 7 nitrogen and oxygen atoms in total. The van der Waals surface area contributed by atoms with Crippen LogP contribution in [0.15, 0.2) is 59.5 Å². The van der Waals surface area contributed by atoms with E-state index in [0.29, 0.717) is 18.3 Å². The summed E-state index contributed by atoms with van der Waals surface area (Å²) in [6, 6.07) is 16.5. The maximum Gasteiger partial charge on any atom is 0.328 e. The summed E-state index contributed by atoms with van der Waals surface area (Å²) in [4.78, 5) is 13.2. The molecule has 2 aromatic heterocycles. The van der Waals surface area contributed by atoms with Crippen molar-refractivity contribution in [2.45, 2.75) is 58.5 Å². The van der Waals surface area contributed by atoms with Crippen molar-refractivity contribution in [3.8, 4) is 22.5 Å². The van der Waals surface area contributed by atoms with Crippen LogP contribution in [0.25, 0.3) is 22.5 Å². The molecule has 1 aliphatic carbocycles. The third kappa shape index (κ3) is 4.53. The van der Waals surface area contributed by atoms with Crippen LogP contribution >= 0.6 is 0 Å². The smallest absolute Gasteiger partial charge is 0.299 e. The molecule has 7 heteroatoms. The Balaban J connectivity index is 1.38. The van der Waals surface area contributed by atoms with Crippen molar-refractivity contribution in [2.75, 3.05) is 0 Å². The monoisotopic (exact) mass is 442 g/mol. The quantitative estimate of drug-likeness (QED) is 0.450. The number of aromatic amines is 1. The zero-order chi connectivity index (χ0) is 22.6. The lowest BCUT2D eigenvalue weighted by Crippen LogP contribution is -2.28. The lowest BCUT2D eigenvalue weighted by Gasteiger charge is -2.21. The number of nitrogens with zero attached hydrogens (tertiary/aromatic N) is 5. The van der Waals surface area contributed by atoms with Gasteiger partial charge in [-0.1, -0.05) is 74.7 Å². The van der Waals surface area contributed by atoms with Crippen molar-refractivity contribution in [1.29, 1.82) is 0 Å². The Morgan fingerprint density at radius 1 is 1.00 bits per heavy atom. The van der Waals surface area contributed by atoms with Crippen molar-refractivity contribution >= 4 is 0 Å². The van der Waals surface area contributed by atoms with Crippen molar-refractivity contribution < 1.29 is 0 Å². The molecule has 2 aromatic carbocycles. The second-order valence-electron chi connectivity index (χ2n) is 8.99. The summed E-state index contributed by atoms with van der Waals surface area (Å²) in [6.07, 6.45) is 9.34. The van der Waals surface area contributed by atoms with E-state index in [9.17, 15) is 4.79 Å². The van der Waals surface area contributed by atoms with Gasteiger partial charge in [0.2, 0.25) is 0 Å². The van der Waals surface area contributed by atoms with Crippen molar-refractivity contribution in [3.63, 3.8) is 0 Å². The third-order valence-electron chi connectivity index (χ3n) is 6.80. The van der Waals surface area contributed by atoms with Gasteiger partial charge in [-0.3, -0.25) is 9.13 Å². The molecule has 1 fully saturated rings. The number of imidazole rings is 1. The molecule has 2 heterocycles. The molecule has 1 saturated carbocycles. The highest BCUT2D eigenvalue weighted by molar-refractivity contribution is 5.80. The number of rotatable bonds is 7. The number of aryl methyl sites for hydroxylation is 1. The molecule has 5 rings (SSSR count). The van der Waals surface area contributed by atoms with E-state index >= 15 is 0 Å². The molecular weight excluding hydrogens is 412 g/mol. The maximum absolute atomic E-state index is 13.2. The van der Waals surface area contributed by atoms with Gasteiger partial charge in [-0.15, -0.1) is 5.10 Å². The van der Waals surface area contributed by atoms with E-state index in [0.717, 1.165) is 40.9 Å². The van der Waals surface area contributed by atoms with E-state index in [-0.39, 0.29) is 5.69 Å². The Kier molecular flexibility index (Phi) is 6.19. The molecule has 0 bridgehead atoms. The number of hydrogen-bond acceptors (Lipinski definition) is 4. The first kappa shape index (κ1) is 21.4. The normalized spacial score (nSPS) is 14.6. The number of benzene rings is 2. The fourth-order valence-corrected chi connectivity index (χ4v) is 5.00. The van der Waals surface area contributed by atoms with Gasteiger partial charge in [0.15, 0.2) is 5.82 Å². The molecule has 4 aromatic rings. The summed E-state index contributed by atoms with van der Waals surface area (Å²) in [7, 11) is 0. The summed E-state index contributed by atoms with van der Waals surface area (Å²) < 4.78 is 3.89. The van der Waals surface area contributed by atoms with Crippen molar-refractivity contribution in [1.82, 2.24) is 29.8 Å². The fourth-order valence-electron chi connectivity index (χ4n) is 5.00. The minimum absolute atomic E-state index is 0.115. The van der Waals surface area contributed by atoms with Crippen molar-refractivity contribution in [2.24, 2.45) is 5.92 Å². The number of tetrazole rings is 1. The molecule has 0 radical (unpaired) electrons. The highest BCUT2D eigenvalue weighted by Gasteiger charge is 2.18. The Labute approximate surface area is 193 Å². The largest absolute Gasteiger partial charge is 0.328 e. The average Bonchev–Trinajstić information content (AvgIpc) is 3.50. The first-order chi connectivity index (χ1) is 16.2. The SMILES string of the molecule is CCc1cn(CC2CCCCC2)c(=O)n1Cc1ccc(-c2ccccc2-c2nnn[nH]2)cc1. The summed E-state index contributed by atoms with van der Waals surface area (Å²) in [5.41, 5.74) is 5.44. The zero-order valence-corrected chi connectivity index (χ0v) is 19.1. The van der Waals surface area contributed by atoms with Gasteiger partial charge in [-0.2, -0.15) is 0 Å². The maximum atomic E-state index is 13.2. The predicted octanol–water partition coefficient (Wildman–Crippen LogP) is 4.69. The van der Waals surface area contributed by atoms with Gasteiger partial charge in [-0.05, 0) is 52.3 Å². The van der Waals surface area contributed by atoms with Crippen LogP contribution in [0, 0.1) is 5.92 Å². The van der Waals surface area contributed by atoms with E-state index in [1.165, 1.54) is 32.1 Å². The van der Waals surface area contributed by atoms with Crippen molar-refractivity contribution in [3.05, 3.63) is 76.5 Å². The summed E-state index contributed by atoms with van der Waals surface area (Å²) in [6.45, 7) is 3.56. The number of hydrogen-bond donors (Lipinski definition) is 1. The van der Waals surface area contributed by atoms with Gasteiger partial charge in [0.05, 0.1) is 6.54 Å². The molecule has 0 amide bonds. The van der Waals surface area contributed by atoms with Crippen LogP contribution in [-0.2, 0) is 19.5 Å². The molecular formula is C26H30N6O. The predicted molar refractivity (Wildman–Crippen MR) is 129 cm³/mol. The molecule has 0 spiro atoms. The summed E-state index contributed by atoms with van der Waals surface area (Å²) in [5, 5.41) is 14.3. The molecule has 170 valence electrons. The Hall–Kier alpha value is -3.48. The van der Waals surface area contributed by atoms with Crippen LogP contribution in [0.4, 0.5) is 0 Å². The Bertz CT molecular complexity index is 1250. The first-order valence-electron chi connectivity index (χ1n) is 11.9. The second-order valence-corrected chi connectivity index (χ2v) is 8.99. The number of H-pyrrole nitrogens is 1. The van der Waals surface area contributed by atoms with E-state index in [4.69, 9.17) is 0 Å². The van der Waals surface area contributed by atoms with Gasteiger partial charge in [-0.25, -0.2) is 9.89 Å². The second kappa shape index (κ2) is 9.57. The lowest BCUT2D eigenvalue weighted by atomic mass is 9.89. The van der Waals surface area contributed by atoms with E-state index in [1.54, 1.807) is 0 Å². The van der Waals surface area contributed by atoms with Crippen LogP contribution < -0.4 is 5.69 Å². The minimum atomic E-state index is 0.115. The van der Waals surface area contributed by atoms with Crippen LogP contribution in [0.3, 0.4) is 0 Å². The highest BCUT2D eigenvalue weighted by atomic mass is 16.1. The van der Waals surface area contributed by atoms with Gasteiger partial charge < -0.3 is 0 Å². The van der Waals surface area contributed by atoms with Crippen LogP contribution in [0.5, 0.6) is 0 Å². The lowest BCUT2D eigenvalue weighted by molar-refractivity contribution is 0.315. The summed E-state index contributed by atoms with van der Waals surface area (Å²) >= 11 is 0. The molecule has 0 saturated heterocycles. The third-order valence-corrected chi connectivity index (χ3v) is 6.80. The van der Waals surface area contributed by atoms with E-state index in [2.05, 4.69) is 64.1 Å². The molecule has 1 N–H and O–H groups in total. The van der Waals surface area contributed by atoms with Crippen LogP contribution in [0.2, 0.25) is 0 Å². The summed E-state index contributed by atoms with van der Waals surface area (Å²) in [5.74, 6) is 1.28. The Morgan fingerprint density at radius 2 is 1.76 bits per heavy atom. The minimum Gasteiger partial charge on any atom is -0.299 e. The fraction of sp³-hybridized carbons (Fsp3) is 0.385. The molecule has 33 heavy (non-hydrogen) atoms.